The van der Waals surface area contributed by atoms with Crippen molar-refractivity contribution in [3.8, 4) is 0 Å². The van der Waals surface area contributed by atoms with Crippen molar-refractivity contribution in [2.24, 2.45) is 5.73 Å². The number of rotatable bonds is 6. The van der Waals surface area contributed by atoms with Gasteiger partial charge in [0.1, 0.15) is 0 Å². The Labute approximate surface area is 166 Å². The molecule has 0 aliphatic rings. The minimum Gasteiger partial charge on any atom is -0.356 e. The van der Waals surface area contributed by atoms with Crippen molar-refractivity contribution in [1.82, 2.24) is 10.6 Å². The lowest BCUT2D eigenvalue weighted by Crippen LogP contribution is -2.42. The second-order valence-corrected chi connectivity index (χ2v) is 6.98. The first kappa shape index (κ1) is 19.1. The van der Waals surface area contributed by atoms with Crippen LogP contribution in [0.2, 0.25) is 0 Å². The molecule has 3 aromatic rings. The zero-order chi connectivity index (χ0) is 19.1. The van der Waals surface area contributed by atoms with Crippen LogP contribution in [0.15, 0.2) is 91.0 Å². The second kappa shape index (κ2) is 9.31. The summed E-state index contributed by atoms with van der Waals surface area (Å²) in [5.74, 6) is 0. The van der Waals surface area contributed by atoms with Crippen molar-refractivity contribution in [2.75, 3.05) is 0 Å². The summed E-state index contributed by atoms with van der Waals surface area (Å²) in [6, 6.07) is 30.3. The van der Waals surface area contributed by atoms with Crippen molar-refractivity contribution in [1.29, 1.82) is 0 Å². The van der Waals surface area contributed by atoms with E-state index in [2.05, 4.69) is 41.8 Å². The molecule has 138 valence electrons. The van der Waals surface area contributed by atoms with Gasteiger partial charge in [-0.1, -0.05) is 91.0 Å². The highest BCUT2D eigenvalue weighted by atomic mass is 32.1. The molecule has 0 aliphatic carbocycles. The Balaban J connectivity index is 1.76. The number of thiocarbonyl (C=S) groups is 1. The SMILES string of the molecule is C[C@H](NC(=S)N[C@H](c1ccccc1)[C@H](N)c1ccccc1)c1ccccc1. The van der Waals surface area contributed by atoms with Gasteiger partial charge in [-0.25, -0.2) is 0 Å². The van der Waals surface area contributed by atoms with Crippen LogP contribution in [-0.2, 0) is 0 Å². The van der Waals surface area contributed by atoms with Gasteiger partial charge < -0.3 is 16.4 Å². The van der Waals surface area contributed by atoms with Gasteiger partial charge in [-0.2, -0.15) is 0 Å². The number of hydrogen-bond donors (Lipinski definition) is 3. The van der Waals surface area contributed by atoms with Gasteiger partial charge in [0.2, 0.25) is 0 Å². The average Bonchev–Trinajstić information content (AvgIpc) is 2.73. The first-order chi connectivity index (χ1) is 13.1. The second-order valence-electron chi connectivity index (χ2n) is 6.57. The molecule has 0 spiro atoms. The Morgan fingerprint density at radius 1 is 0.704 bits per heavy atom. The molecule has 3 aromatic carbocycles. The average molecular weight is 376 g/mol. The number of nitrogens with one attached hydrogen (secondary N) is 2. The van der Waals surface area contributed by atoms with Crippen LogP contribution in [0.1, 0.15) is 41.7 Å². The van der Waals surface area contributed by atoms with Crippen LogP contribution < -0.4 is 16.4 Å². The monoisotopic (exact) mass is 375 g/mol. The third-order valence-electron chi connectivity index (χ3n) is 4.64. The van der Waals surface area contributed by atoms with Crippen LogP contribution in [0.4, 0.5) is 0 Å². The molecule has 0 amide bonds. The van der Waals surface area contributed by atoms with Gasteiger partial charge in [0.25, 0.3) is 0 Å². The van der Waals surface area contributed by atoms with Gasteiger partial charge in [0.15, 0.2) is 5.11 Å². The molecule has 0 fully saturated rings. The molecule has 4 heteroatoms. The standard InChI is InChI=1S/C23H25N3S/c1-17(18-11-5-2-6-12-18)25-23(27)26-22(20-15-9-4-10-16-20)21(24)19-13-7-3-8-14-19/h2-17,21-22H,24H2,1H3,(H2,25,26,27)/t17-,21+,22+/m0/s1. The normalized spacial score (nSPS) is 14.0. The number of hydrogen-bond acceptors (Lipinski definition) is 2. The Bertz CT molecular complexity index is 837. The first-order valence-corrected chi connectivity index (χ1v) is 9.53. The van der Waals surface area contributed by atoms with E-state index >= 15 is 0 Å². The Morgan fingerprint density at radius 2 is 1.15 bits per heavy atom. The zero-order valence-electron chi connectivity index (χ0n) is 15.4. The van der Waals surface area contributed by atoms with Crippen LogP contribution in [0.5, 0.6) is 0 Å². The van der Waals surface area contributed by atoms with Gasteiger partial charge in [0, 0.05) is 0 Å². The fraction of sp³-hybridized carbons (Fsp3) is 0.174. The molecule has 4 N–H and O–H groups in total. The van der Waals surface area contributed by atoms with Gasteiger partial charge in [-0.3, -0.25) is 0 Å². The van der Waals surface area contributed by atoms with Crippen molar-refractivity contribution in [2.45, 2.75) is 25.0 Å². The summed E-state index contributed by atoms with van der Waals surface area (Å²) in [6.07, 6.45) is 0. The van der Waals surface area contributed by atoms with Crippen LogP contribution in [0.25, 0.3) is 0 Å². The van der Waals surface area contributed by atoms with E-state index in [4.69, 9.17) is 18.0 Å². The summed E-state index contributed by atoms with van der Waals surface area (Å²) in [6.45, 7) is 2.10. The molecule has 0 aromatic heterocycles. The molecule has 0 unspecified atom stereocenters. The molecule has 0 saturated heterocycles. The summed E-state index contributed by atoms with van der Waals surface area (Å²) < 4.78 is 0. The summed E-state index contributed by atoms with van der Waals surface area (Å²) >= 11 is 5.60. The fourth-order valence-corrected chi connectivity index (χ4v) is 3.42. The summed E-state index contributed by atoms with van der Waals surface area (Å²) in [5.41, 5.74) is 9.97. The maximum atomic E-state index is 6.61. The van der Waals surface area contributed by atoms with E-state index in [1.165, 1.54) is 5.56 Å². The Morgan fingerprint density at radius 3 is 1.67 bits per heavy atom. The summed E-state index contributed by atoms with van der Waals surface area (Å²) in [5, 5.41) is 7.38. The predicted molar refractivity (Wildman–Crippen MR) is 116 cm³/mol. The van der Waals surface area contributed by atoms with E-state index in [9.17, 15) is 0 Å². The lowest BCUT2D eigenvalue weighted by atomic mass is 9.94. The predicted octanol–water partition coefficient (Wildman–Crippen LogP) is 4.65. The fourth-order valence-electron chi connectivity index (χ4n) is 3.11. The topological polar surface area (TPSA) is 50.1 Å². The molecule has 0 bridgehead atoms. The van der Waals surface area contributed by atoms with Crippen molar-refractivity contribution in [3.05, 3.63) is 108 Å². The molecule has 3 nitrogen and oxygen atoms in total. The molecule has 3 atom stereocenters. The molecular formula is C23H25N3S. The van der Waals surface area contributed by atoms with E-state index in [1.54, 1.807) is 0 Å². The number of benzene rings is 3. The van der Waals surface area contributed by atoms with E-state index in [-0.39, 0.29) is 18.1 Å². The van der Waals surface area contributed by atoms with Crippen molar-refractivity contribution >= 4 is 17.3 Å². The highest BCUT2D eigenvalue weighted by molar-refractivity contribution is 7.80. The smallest absolute Gasteiger partial charge is 0.167 e. The molecule has 0 heterocycles. The highest BCUT2D eigenvalue weighted by Crippen LogP contribution is 2.26. The lowest BCUT2D eigenvalue weighted by Gasteiger charge is -2.28. The van der Waals surface area contributed by atoms with Crippen LogP contribution >= 0.6 is 12.2 Å². The van der Waals surface area contributed by atoms with Gasteiger partial charge >= 0.3 is 0 Å². The largest absolute Gasteiger partial charge is 0.356 e. The zero-order valence-corrected chi connectivity index (χ0v) is 16.2. The highest BCUT2D eigenvalue weighted by Gasteiger charge is 2.22. The maximum absolute atomic E-state index is 6.61. The van der Waals surface area contributed by atoms with E-state index in [0.717, 1.165) is 11.1 Å². The number of nitrogens with two attached hydrogens (primary N) is 1. The van der Waals surface area contributed by atoms with Gasteiger partial charge in [-0.05, 0) is 35.8 Å². The van der Waals surface area contributed by atoms with Crippen LogP contribution in [0, 0.1) is 0 Å². The summed E-state index contributed by atoms with van der Waals surface area (Å²) in [4.78, 5) is 0. The van der Waals surface area contributed by atoms with Gasteiger partial charge in [0.05, 0.1) is 18.1 Å². The Hall–Kier alpha value is -2.69. The minimum absolute atomic E-state index is 0.107. The van der Waals surface area contributed by atoms with Crippen LogP contribution in [-0.4, -0.2) is 5.11 Å². The third kappa shape index (κ3) is 5.16. The molecule has 0 saturated carbocycles. The molecule has 27 heavy (non-hydrogen) atoms. The van der Waals surface area contributed by atoms with Crippen molar-refractivity contribution in [3.63, 3.8) is 0 Å². The van der Waals surface area contributed by atoms with E-state index in [0.29, 0.717) is 5.11 Å². The lowest BCUT2D eigenvalue weighted by molar-refractivity contribution is 0.516. The molecule has 0 aliphatic heterocycles. The van der Waals surface area contributed by atoms with E-state index < -0.39 is 0 Å². The van der Waals surface area contributed by atoms with E-state index in [1.807, 2.05) is 66.7 Å². The first-order valence-electron chi connectivity index (χ1n) is 9.12. The molecule has 3 rings (SSSR count). The van der Waals surface area contributed by atoms with Crippen molar-refractivity contribution < 1.29 is 0 Å². The third-order valence-corrected chi connectivity index (χ3v) is 4.87. The van der Waals surface area contributed by atoms with Gasteiger partial charge in [-0.15, -0.1) is 0 Å². The molecular weight excluding hydrogens is 350 g/mol. The maximum Gasteiger partial charge on any atom is 0.167 e. The summed E-state index contributed by atoms with van der Waals surface area (Å²) in [7, 11) is 0. The quantitative estimate of drug-likeness (QED) is 0.549. The molecule has 0 radical (unpaired) electrons. The minimum atomic E-state index is -0.222. The Kier molecular flexibility index (Phi) is 6.58. The van der Waals surface area contributed by atoms with Crippen LogP contribution in [0.3, 0.4) is 0 Å².